The first-order chi connectivity index (χ1) is 10.2. The van der Waals surface area contributed by atoms with Crippen LogP contribution in [0.15, 0.2) is 18.2 Å². The maximum absolute atomic E-state index is 12.2. The largest absolute Gasteiger partial charge is 0.354 e. The zero-order valence-electron chi connectivity index (χ0n) is 14.0. The molecule has 0 bridgehead atoms. The third-order valence-corrected chi connectivity index (χ3v) is 4.90. The molecule has 0 saturated carbocycles. The van der Waals surface area contributed by atoms with E-state index in [4.69, 9.17) is 0 Å². The van der Waals surface area contributed by atoms with E-state index in [2.05, 4.69) is 5.32 Å². The van der Waals surface area contributed by atoms with Gasteiger partial charge in [0.2, 0.25) is 15.9 Å². The van der Waals surface area contributed by atoms with E-state index in [9.17, 15) is 13.2 Å². The molecule has 0 radical (unpaired) electrons. The molecule has 0 heterocycles. The Balaban J connectivity index is 3.08. The predicted octanol–water partition coefficient (Wildman–Crippen LogP) is 2.37. The van der Waals surface area contributed by atoms with Crippen molar-refractivity contribution in [2.24, 2.45) is 0 Å². The van der Waals surface area contributed by atoms with Gasteiger partial charge in [0.1, 0.15) is 6.04 Å². The molecule has 22 heavy (non-hydrogen) atoms. The van der Waals surface area contributed by atoms with E-state index in [0.717, 1.165) is 30.2 Å². The number of sulfonamides is 1. The van der Waals surface area contributed by atoms with Crippen LogP contribution in [0.3, 0.4) is 0 Å². The second-order valence-corrected chi connectivity index (χ2v) is 7.51. The highest BCUT2D eigenvalue weighted by molar-refractivity contribution is 7.92. The number of aryl methyl sites for hydroxylation is 2. The van der Waals surface area contributed by atoms with Crippen molar-refractivity contribution in [3.05, 3.63) is 29.3 Å². The summed E-state index contributed by atoms with van der Waals surface area (Å²) in [5.74, 6) is -0.280. The molecule has 1 aromatic rings. The average molecular weight is 326 g/mol. The quantitative estimate of drug-likeness (QED) is 0.782. The Morgan fingerprint density at radius 1 is 1.27 bits per heavy atom. The molecule has 0 unspecified atom stereocenters. The minimum absolute atomic E-state index is 0.280. The standard InChI is InChI=1S/C16H26N2O3S/c1-6-7-10-17-16(19)14(4)18(22(5,20)21)15-9-8-12(2)13(3)11-15/h8-9,11,14H,6-7,10H2,1-5H3,(H,17,19)/t14-/m1/s1. The van der Waals surface area contributed by atoms with Crippen LogP contribution < -0.4 is 9.62 Å². The van der Waals surface area contributed by atoms with Crippen LogP contribution in [0.5, 0.6) is 0 Å². The van der Waals surface area contributed by atoms with Crippen molar-refractivity contribution in [1.82, 2.24) is 5.32 Å². The minimum atomic E-state index is -3.55. The van der Waals surface area contributed by atoms with Crippen LogP contribution >= 0.6 is 0 Å². The maximum atomic E-state index is 12.2. The zero-order valence-corrected chi connectivity index (χ0v) is 14.8. The molecule has 6 heteroatoms. The predicted molar refractivity (Wildman–Crippen MR) is 90.6 cm³/mol. The first kappa shape index (κ1) is 18.5. The van der Waals surface area contributed by atoms with Crippen LogP contribution in [0.25, 0.3) is 0 Å². The molecule has 0 fully saturated rings. The number of carbonyl (C=O) groups excluding carboxylic acids is 1. The maximum Gasteiger partial charge on any atom is 0.243 e. The Bertz CT molecular complexity index is 626. The van der Waals surface area contributed by atoms with E-state index < -0.39 is 16.1 Å². The van der Waals surface area contributed by atoms with Gasteiger partial charge < -0.3 is 5.32 Å². The minimum Gasteiger partial charge on any atom is -0.354 e. The highest BCUT2D eigenvalue weighted by Crippen LogP contribution is 2.23. The van der Waals surface area contributed by atoms with Gasteiger partial charge in [-0.05, 0) is 50.5 Å². The number of amides is 1. The number of benzene rings is 1. The second kappa shape index (κ2) is 7.63. The summed E-state index contributed by atoms with van der Waals surface area (Å²) in [6.45, 7) is 8.09. The van der Waals surface area contributed by atoms with Gasteiger partial charge in [-0.2, -0.15) is 0 Å². The first-order valence-electron chi connectivity index (χ1n) is 7.52. The third kappa shape index (κ3) is 4.73. The van der Waals surface area contributed by atoms with E-state index in [1.165, 1.54) is 4.31 Å². The molecule has 1 amide bonds. The van der Waals surface area contributed by atoms with E-state index in [-0.39, 0.29) is 5.91 Å². The van der Waals surface area contributed by atoms with Gasteiger partial charge in [0.05, 0.1) is 11.9 Å². The van der Waals surface area contributed by atoms with E-state index in [1.807, 2.05) is 26.8 Å². The molecule has 0 aliphatic carbocycles. The van der Waals surface area contributed by atoms with Gasteiger partial charge in [-0.15, -0.1) is 0 Å². The summed E-state index contributed by atoms with van der Waals surface area (Å²) in [6, 6.07) is 4.62. The first-order valence-corrected chi connectivity index (χ1v) is 9.37. The number of carbonyl (C=O) groups is 1. The molecule has 0 aromatic heterocycles. The van der Waals surface area contributed by atoms with Gasteiger partial charge in [0.25, 0.3) is 0 Å². The Labute approximate surface area is 133 Å². The van der Waals surface area contributed by atoms with Gasteiger partial charge in [-0.1, -0.05) is 19.4 Å². The van der Waals surface area contributed by atoms with Crippen LogP contribution in [-0.4, -0.2) is 33.2 Å². The molecule has 1 atom stereocenters. The molecule has 1 rings (SSSR count). The van der Waals surface area contributed by atoms with Crippen LogP contribution in [0.1, 0.15) is 37.8 Å². The molecule has 1 N–H and O–H groups in total. The van der Waals surface area contributed by atoms with Crippen LogP contribution in [0.2, 0.25) is 0 Å². The summed E-state index contributed by atoms with van der Waals surface area (Å²) in [6.07, 6.45) is 2.97. The molecule has 0 aliphatic heterocycles. The Morgan fingerprint density at radius 2 is 1.91 bits per heavy atom. The van der Waals surface area contributed by atoms with Gasteiger partial charge in [-0.25, -0.2) is 8.42 Å². The smallest absolute Gasteiger partial charge is 0.243 e. The molecule has 124 valence electrons. The van der Waals surface area contributed by atoms with Crippen LogP contribution in [0, 0.1) is 13.8 Å². The van der Waals surface area contributed by atoms with Crippen molar-refractivity contribution in [2.45, 2.75) is 46.6 Å². The SMILES string of the molecule is CCCCNC(=O)[C@@H](C)N(c1ccc(C)c(C)c1)S(C)(=O)=O. The van der Waals surface area contributed by atoms with Crippen molar-refractivity contribution in [3.63, 3.8) is 0 Å². The lowest BCUT2D eigenvalue weighted by atomic mass is 10.1. The van der Waals surface area contributed by atoms with Gasteiger partial charge in [0.15, 0.2) is 0 Å². The highest BCUT2D eigenvalue weighted by Gasteiger charge is 2.28. The molecule has 1 aromatic carbocycles. The number of rotatable bonds is 7. The number of nitrogens with one attached hydrogen (secondary N) is 1. The van der Waals surface area contributed by atoms with Crippen LogP contribution in [0.4, 0.5) is 5.69 Å². The topological polar surface area (TPSA) is 66.5 Å². The van der Waals surface area contributed by atoms with E-state index in [1.54, 1.807) is 19.1 Å². The fourth-order valence-electron chi connectivity index (χ4n) is 2.21. The number of hydrogen-bond donors (Lipinski definition) is 1. The molecule has 0 aliphatic rings. The van der Waals surface area contributed by atoms with Gasteiger partial charge >= 0.3 is 0 Å². The molecular weight excluding hydrogens is 300 g/mol. The third-order valence-electron chi connectivity index (χ3n) is 3.66. The summed E-state index contributed by atoms with van der Waals surface area (Å²) in [7, 11) is -3.55. The molecular formula is C16H26N2O3S. The summed E-state index contributed by atoms with van der Waals surface area (Å²) in [5.41, 5.74) is 2.59. The van der Waals surface area contributed by atoms with E-state index >= 15 is 0 Å². The number of anilines is 1. The molecule has 5 nitrogen and oxygen atoms in total. The van der Waals surface area contributed by atoms with Crippen LogP contribution in [-0.2, 0) is 14.8 Å². The Morgan fingerprint density at radius 3 is 2.41 bits per heavy atom. The normalized spacial score (nSPS) is 12.8. The van der Waals surface area contributed by atoms with Crippen molar-refractivity contribution < 1.29 is 13.2 Å². The number of unbranched alkanes of at least 4 members (excludes halogenated alkanes) is 1. The lowest BCUT2D eigenvalue weighted by Gasteiger charge is -2.28. The van der Waals surface area contributed by atoms with Crippen molar-refractivity contribution in [1.29, 1.82) is 0 Å². The Hall–Kier alpha value is -1.56. The molecule has 0 saturated heterocycles. The fraction of sp³-hybridized carbons (Fsp3) is 0.562. The second-order valence-electron chi connectivity index (χ2n) is 5.65. The zero-order chi connectivity index (χ0) is 16.9. The van der Waals surface area contributed by atoms with Crippen molar-refractivity contribution >= 4 is 21.6 Å². The number of hydrogen-bond acceptors (Lipinski definition) is 3. The summed E-state index contributed by atoms with van der Waals surface area (Å²) in [5, 5.41) is 2.79. The number of nitrogens with zero attached hydrogens (tertiary/aromatic N) is 1. The summed E-state index contributed by atoms with van der Waals surface area (Å²) < 4.78 is 25.5. The lowest BCUT2D eigenvalue weighted by molar-refractivity contribution is -0.121. The summed E-state index contributed by atoms with van der Waals surface area (Å²) >= 11 is 0. The average Bonchev–Trinajstić information content (AvgIpc) is 2.41. The highest BCUT2D eigenvalue weighted by atomic mass is 32.2. The summed E-state index contributed by atoms with van der Waals surface area (Å²) in [4.78, 5) is 12.2. The van der Waals surface area contributed by atoms with Crippen molar-refractivity contribution in [2.75, 3.05) is 17.1 Å². The van der Waals surface area contributed by atoms with Crippen molar-refractivity contribution in [3.8, 4) is 0 Å². The lowest BCUT2D eigenvalue weighted by Crippen LogP contribution is -2.48. The Kier molecular flexibility index (Phi) is 6.41. The fourth-order valence-corrected chi connectivity index (χ4v) is 3.37. The molecule has 0 spiro atoms. The van der Waals surface area contributed by atoms with E-state index in [0.29, 0.717) is 12.2 Å². The van der Waals surface area contributed by atoms with Gasteiger partial charge in [0, 0.05) is 6.54 Å². The van der Waals surface area contributed by atoms with Gasteiger partial charge in [-0.3, -0.25) is 9.10 Å². The monoisotopic (exact) mass is 326 g/mol.